The molecule has 4 N–H and O–H groups in total. The van der Waals surface area contributed by atoms with Crippen LogP contribution in [0.15, 0.2) is 78.9 Å². The maximum Gasteiger partial charge on any atom is 0.320 e. The molecule has 2 atom stereocenters. The van der Waals surface area contributed by atoms with E-state index in [1.807, 2.05) is 6.07 Å². The van der Waals surface area contributed by atoms with Crippen LogP contribution in [0.4, 0.5) is 0 Å². The largest absolute Gasteiger partial charge is 0.480 e. The molecule has 37 heavy (non-hydrogen) atoms. The van der Waals surface area contributed by atoms with Crippen molar-refractivity contribution in [3.63, 3.8) is 0 Å². The molecule has 194 valence electrons. The van der Waals surface area contributed by atoms with Gasteiger partial charge in [-0.3, -0.25) is 9.59 Å². The molecule has 1 aliphatic rings. The van der Waals surface area contributed by atoms with Crippen LogP contribution in [0.1, 0.15) is 66.9 Å². The van der Waals surface area contributed by atoms with Crippen molar-refractivity contribution in [3.8, 4) is 11.1 Å². The summed E-state index contributed by atoms with van der Waals surface area (Å²) in [6.45, 7) is 5.28. The highest BCUT2D eigenvalue weighted by atomic mass is 16.4. The summed E-state index contributed by atoms with van der Waals surface area (Å²) in [7, 11) is 0. The monoisotopic (exact) mass is 498 g/mol. The van der Waals surface area contributed by atoms with E-state index in [9.17, 15) is 9.59 Å². The second kappa shape index (κ2) is 11.7. The molecule has 3 aromatic rings. The first-order valence-electron chi connectivity index (χ1n) is 13.2. The van der Waals surface area contributed by atoms with Gasteiger partial charge in [-0.2, -0.15) is 0 Å². The molecule has 0 aliphatic heterocycles. The highest BCUT2D eigenvalue weighted by Gasteiger charge is 2.32. The molecular formula is C32H38N2O3. The van der Waals surface area contributed by atoms with E-state index in [-0.39, 0.29) is 18.2 Å². The van der Waals surface area contributed by atoms with Crippen LogP contribution >= 0.6 is 0 Å². The van der Waals surface area contributed by atoms with Gasteiger partial charge in [0.05, 0.1) is 0 Å². The van der Waals surface area contributed by atoms with Gasteiger partial charge in [-0.1, -0.05) is 80.6 Å². The van der Waals surface area contributed by atoms with Crippen LogP contribution in [-0.4, -0.2) is 29.6 Å². The Labute approximate surface area is 220 Å². The van der Waals surface area contributed by atoms with Crippen molar-refractivity contribution in [1.82, 2.24) is 5.32 Å². The van der Waals surface area contributed by atoms with Crippen molar-refractivity contribution in [2.45, 2.75) is 57.9 Å². The summed E-state index contributed by atoms with van der Waals surface area (Å²) in [5.74, 6) is -0.375. The minimum Gasteiger partial charge on any atom is -0.480 e. The Morgan fingerprint density at radius 2 is 1.51 bits per heavy atom. The van der Waals surface area contributed by atoms with Gasteiger partial charge in [0, 0.05) is 18.0 Å². The fourth-order valence-electron chi connectivity index (χ4n) is 5.37. The van der Waals surface area contributed by atoms with Crippen molar-refractivity contribution in [3.05, 3.63) is 95.6 Å². The number of aliphatic carboxylic acids is 1. The van der Waals surface area contributed by atoms with Crippen molar-refractivity contribution in [2.75, 3.05) is 6.54 Å². The Hall–Kier alpha value is -3.44. The molecular weight excluding hydrogens is 460 g/mol. The lowest BCUT2D eigenvalue weighted by atomic mass is 9.68. The number of benzene rings is 3. The first kappa shape index (κ1) is 26.6. The number of carboxylic acid groups (broad SMARTS) is 1. The molecule has 2 unspecified atom stereocenters. The minimum absolute atomic E-state index is 0.115. The molecule has 5 nitrogen and oxygen atoms in total. The summed E-state index contributed by atoms with van der Waals surface area (Å²) in [5.41, 5.74) is 11.0. The molecule has 5 heteroatoms. The Bertz CT molecular complexity index is 1180. The predicted octanol–water partition coefficient (Wildman–Crippen LogP) is 6.04. The van der Waals surface area contributed by atoms with E-state index in [0.29, 0.717) is 23.4 Å². The van der Waals surface area contributed by atoms with Gasteiger partial charge in [-0.25, -0.2) is 0 Å². The Kier molecular flexibility index (Phi) is 8.45. The lowest BCUT2D eigenvalue weighted by molar-refractivity contribution is -0.138. The Balaban J connectivity index is 1.46. The van der Waals surface area contributed by atoms with Crippen molar-refractivity contribution in [1.29, 1.82) is 0 Å². The van der Waals surface area contributed by atoms with Crippen LogP contribution < -0.4 is 11.1 Å². The molecule has 0 radical (unpaired) electrons. The minimum atomic E-state index is -1.03. The lowest BCUT2D eigenvalue weighted by Gasteiger charge is -2.38. The van der Waals surface area contributed by atoms with Gasteiger partial charge in [0.25, 0.3) is 5.91 Å². The number of carbonyl (C=O) groups is 2. The van der Waals surface area contributed by atoms with Crippen LogP contribution in [0.3, 0.4) is 0 Å². The predicted molar refractivity (Wildman–Crippen MR) is 148 cm³/mol. The second-order valence-corrected chi connectivity index (χ2v) is 11.2. The molecule has 0 saturated heterocycles. The highest BCUT2D eigenvalue weighted by Crippen LogP contribution is 2.43. The molecule has 1 saturated carbocycles. The quantitative estimate of drug-likeness (QED) is 0.335. The summed E-state index contributed by atoms with van der Waals surface area (Å²) < 4.78 is 0. The molecule has 0 heterocycles. The molecule has 1 fully saturated rings. The summed E-state index contributed by atoms with van der Waals surface area (Å²) in [5, 5.41) is 12.2. The number of amides is 1. The average molecular weight is 499 g/mol. The fourth-order valence-corrected chi connectivity index (χ4v) is 5.37. The summed E-state index contributed by atoms with van der Waals surface area (Å²) >= 11 is 0. The summed E-state index contributed by atoms with van der Waals surface area (Å²) in [4.78, 5) is 24.0. The molecule has 3 aromatic carbocycles. The van der Waals surface area contributed by atoms with Gasteiger partial charge < -0.3 is 16.2 Å². The van der Waals surface area contributed by atoms with Crippen LogP contribution in [0, 0.1) is 11.3 Å². The van der Waals surface area contributed by atoms with Gasteiger partial charge in [-0.15, -0.1) is 0 Å². The number of rotatable bonds is 9. The van der Waals surface area contributed by atoms with Gasteiger partial charge >= 0.3 is 5.97 Å². The van der Waals surface area contributed by atoms with E-state index >= 15 is 0 Å². The number of hydrogen-bond donors (Lipinski definition) is 3. The average Bonchev–Trinajstić information content (AvgIpc) is 2.90. The summed E-state index contributed by atoms with van der Waals surface area (Å²) in [6, 6.07) is 25.3. The van der Waals surface area contributed by atoms with Crippen LogP contribution in [0.5, 0.6) is 0 Å². The smallest absolute Gasteiger partial charge is 0.320 e. The van der Waals surface area contributed by atoms with Gasteiger partial charge in [0.2, 0.25) is 0 Å². The lowest BCUT2D eigenvalue weighted by Crippen LogP contribution is -2.34. The third kappa shape index (κ3) is 7.07. The third-order valence-electron chi connectivity index (χ3n) is 7.87. The maximum absolute atomic E-state index is 13.0. The first-order chi connectivity index (χ1) is 17.7. The van der Waals surface area contributed by atoms with E-state index in [2.05, 4.69) is 67.7 Å². The van der Waals surface area contributed by atoms with Crippen molar-refractivity contribution >= 4 is 11.9 Å². The zero-order valence-electron chi connectivity index (χ0n) is 21.8. The van der Waals surface area contributed by atoms with E-state index in [1.54, 1.807) is 24.3 Å². The molecule has 1 amide bonds. The zero-order chi connectivity index (χ0) is 26.4. The Morgan fingerprint density at radius 3 is 2.11 bits per heavy atom. The topological polar surface area (TPSA) is 92.4 Å². The highest BCUT2D eigenvalue weighted by molar-refractivity contribution is 5.94. The number of nitrogens with two attached hydrogens (primary N) is 1. The third-order valence-corrected chi connectivity index (χ3v) is 7.87. The standard InChI is InChI=1S/C32H38N2O3/c1-32(2)18-16-26(17-19-32)28(25-14-12-24(13-15-25)23-6-4-3-5-7-23)21-34-30(35)27-10-8-22(9-11-27)20-29(33)31(36)37/h3-15,26,28-29H,16-21,33H2,1-2H3,(H,34,35)(H,36,37). The Morgan fingerprint density at radius 1 is 0.919 bits per heavy atom. The van der Waals surface area contributed by atoms with E-state index < -0.39 is 12.0 Å². The fraction of sp³-hybridized carbons (Fsp3) is 0.375. The van der Waals surface area contributed by atoms with Crippen LogP contribution in [-0.2, 0) is 11.2 Å². The van der Waals surface area contributed by atoms with Gasteiger partial charge in [-0.05, 0) is 77.8 Å². The molecule has 0 bridgehead atoms. The van der Waals surface area contributed by atoms with Gasteiger partial charge in [0.1, 0.15) is 6.04 Å². The van der Waals surface area contributed by atoms with Crippen LogP contribution in [0.2, 0.25) is 0 Å². The number of nitrogens with one attached hydrogen (secondary N) is 1. The molecule has 4 rings (SSSR count). The first-order valence-corrected chi connectivity index (χ1v) is 13.2. The SMILES string of the molecule is CC1(C)CCC(C(CNC(=O)c2ccc(CC(N)C(=O)O)cc2)c2ccc(-c3ccccc3)cc2)CC1. The molecule has 1 aliphatic carbocycles. The zero-order valence-corrected chi connectivity index (χ0v) is 21.8. The van der Waals surface area contributed by atoms with E-state index in [0.717, 1.165) is 18.4 Å². The van der Waals surface area contributed by atoms with E-state index in [1.165, 1.54) is 29.5 Å². The number of hydrogen-bond acceptors (Lipinski definition) is 3. The molecule has 0 aromatic heterocycles. The summed E-state index contributed by atoms with van der Waals surface area (Å²) in [6.07, 6.45) is 4.95. The van der Waals surface area contributed by atoms with Gasteiger partial charge in [0.15, 0.2) is 0 Å². The van der Waals surface area contributed by atoms with E-state index in [4.69, 9.17) is 10.8 Å². The molecule has 0 spiro atoms. The number of carboxylic acids is 1. The second-order valence-electron chi connectivity index (χ2n) is 11.2. The van der Waals surface area contributed by atoms with Crippen molar-refractivity contribution in [2.24, 2.45) is 17.1 Å². The van der Waals surface area contributed by atoms with Crippen molar-refractivity contribution < 1.29 is 14.7 Å². The maximum atomic E-state index is 13.0. The normalized spacial score (nSPS) is 17.1. The number of carbonyl (C=O) groups excluding carboxylic acids is 1. The van der Waals surface area contributed by atoms with Crippen LogP contribution in [0.25, 0.3) is 11.1 Å².